The largest absolute Gasteiger partial charge is 0.490 e. The topological polar surface area (TPSA) is 101 Å². The number of hydrogen-bond acceptors (Lipinski definition) is 5. The fraction of sp³-hybridized carbons (Fsp3) is 0.529. The van der Waals surface area contributed by atoms with Gasteiger partial charge >= 0.3 is 18.3 Å². The maximum absolute atomic E-state index is 13.3. The van der Waals surface area contributed by atoms with Crippen LogP contribution in [0.3, 0.4) is 0 Å². The maximum atomic E-state index is 13.3. The van der Waals surface area contributed by atoms with Gasteiger partial charge in [-0.2, -0.15) is 31.4 Å². The Morgan fingerprint density at radius 3 is 2.35 bits per heavy atom. The minimum atomic E-state index is -5.08. The van der Waals surface area contributed by atoms with Crippen LogP contribution in [0.25, 0.3) is 0 Å². The lowest BCUT2D eigenvalue weighted by molar-refractivity contribution is -0.192. The average Bonchev–Trinajstić information content (AvgIpc) is 3.23. The number of nitrogens with one attached hydrogen (secondary N) is 1. The van der Waals surface area contributed by atoms with Gasteiger partial charge in [0, 0.05) is 23.9 Å². The van der Waals surface area contributed by atoms with E-state index in [1.165, 1.54) is 7.05 Å². The molecule has 0 aliphatic heterocycles. The molecule has 2 aromatic heterocycles. The van der Waals surface area contributed by atoms with E-state index >= 15 is 0 Å². The van der Waals surface area contributed by atoms with Crippen LogP contribution in [0.5, 0.6) is 0 Å². The molecule has 7 nitrogen and oxygen atoms in total. The maximum Gasteiger partial charge on any atom is 0.490 e. The van der Waals surface area contributed by atoms with E-state index < -0.39 is 24.0 Å². The lowest BCUT2D eigenvalue weighted by Gasteiger charge is -2.10. The van der Waals surface area contributed by atoms with Gasteiger partial charge in [-0.1, -0.05) is 18.7 Å². The summed E-state index contributed by atoms with van der Waals surface area (Å²) in [6.45, 7) is 1.77. The lowest BCUT2D eigenvalue weighted by Crippen LogP contribution is -2.21. The molecule has 0 bridgehead atoms. The van der Waals surface area contributed by atoms with Gasteiger partial charge in [-0.05, 0) is 25.7 Å². The Balaban J connectivity index is 0.000000423. The summed E-state index contributed by atoms with van der Waals surface area (Å²) in [7, 11) is 1.30. The average molecular weight is 472 g/mol. The number of nitrogens with zero attached hydrogens (tertiary/aromatic N) is 3. The van der Waals surface area contributed by atoms with Gasteiger partial charge in [-0.25, -0.2) is 9.78 Å². The second-order valence-corrected chi connectivity index (χ2v) is 7.45. The summed E-state index contributed by atoms with van der Waals surface area (Å²) >= 11 is 1.11. The minimum Gasteiger partial charge on any atom is -0.475 e. The monoisotopic (exact) mass is 472 g/mol. The van der Waals surface area contributed by atoms with E-state index in [1.807, 2.05) is 0 Å². The third-order valence-corrected chi connectivity index (χ3v) is 5.25. The predicted molar refractivity (Wildman–Crippen MR) is 97.7 cm³/mol. The fourth-order valence-corrected chi connectivity index (χ4v) is 3.97. The molecule has 0 spiro atoms. The first-order valence-electron chi connectivity index (χ1n) is 8.92. The number of hydrogen-bond donors (Lipinski definition) is 2. The molecule has 0 unspecified atom stereocenters. The van der Waals surface area contributed by atoms with E-state index in [0.29, 0.717) is 29.3 Å². The summed E-state index contributed by atoms with van der Waals surface area (Å²) in [5.41, 5.74) is 1.11. The number of aromatic amines is 1. The van der Waals surface area contributed by atoms with E-state index in [9.17, 15) is 31.1 Å². The summed E-state index contributed by atoms with van der Waals surface area (Å²) in [5.74, 6) is -2.69. The number of halogens is 6. The second kappa shape index (κ2) is 9.32. The van der Waals surface area contributed by atoms with Crippen molar-refractivity contribution in [2.45, 2.75) is 55.9 Å². The molecule has 2 heterocycles. The third kappa shape index (κ3) is 6.02. The minimum absolute atomic E-state index is 0.0631. The Morgan fingerprint density at radius 1 is 1.23 bits per heavy atom. The molecular weight excluding hydrogens is 454 g/mol. The first kappa shape index (κ1) is 24.8. The van der Waals surface area contributed by atoms with Crippen molar-refractivity contribution in [1.82, 2.24) is 19.7 Å². The van der Waals surface area contributed by atoms with Crippen LogP contribution in [0.15, 0.2) is 9.95 Å². The summed E-state index contributed by atoms with van der Waals surface area (Å²) in [6.07, 6.45) is -6.80. The number of rotatable bonds is 4. The quantitative estimate of drug-likeness (QED) is 0.401. The molecule has 0 radical (unpaired) electrons. The molecule has 2 aromatic rings. The number of carboxylic acids is 1. The molecule has 1 aliphatic rings. The molecule has 0 aromatic carbocycles. The van der Waals surface area contributed by atoms with Crippen molar-refractivity contribution in [2.24, 2.45) is 7.05 Å². The molecule has 14 heteroatoms. The Kier molecular flexibility index (Phi) is 7.44. The van der Waals surface area contributed by atoms with Crippen LogP contribution < -0.4 is 5.56 Å². The molecule has 0 atom stereocenters. The van der Waals surface area contributed by atoms with Crippen molar-refractivity contribution in [2.75, 3.05) is 0 Å². The summed E-state index contributed by atoms with van der Waals surface area (Å²) in [5, 5.41) is 11.5. The normalized spacial score (nSPS) is 13.5. The fourth-order valence-electron chi connectivity index (χ4n) is 3.04. The van der Waals surface area contributed by atoms with Crippen LogP contribution in [0, 0.1) is 0 Å². The van der Waals surface area contributed by atoms with Crippen molar-refractivity contribution in [3.8, 4) is 0 Å². The highest BCUT2D eigenvalue weighted by atomic mass is 32.2. The van der Waals surface area contributed by atoms with Gasteiger partial charge in [0.2, 0.25) is 0 Å². The second-order valence-electron chi connectivity index (χ2n) is 6.49. The van der Waals surface area contributed by atoms with Gasteiger partial charge in [0.25, 0.3) is 5.56 Å². The summed E-state index contributed by atoms with van der Waals surface area (Å²) in [6, 6.07) is 0. The van der Waals surface area contributed by atoms with E-state index in [-0.39, 0.29) is 16.9 Å². The van der Waals surface area contributed by atoms with E-state index in [1.54, 1.807) is 6.92 Å². The first-order chi connectivity index (χ1) is 14.3. The molecule has 172 valence electrons. The first-order valence-corrected chi connectivity index (χ1v) is 9.91. The molecule has 0 saturated heterocycles. The Labute approximate surface area is 175 Å². The molecule has 0 amide bonds. The van der Waals surface area contributed by atoms with Crippen molar-refractivity contribution in [1.29, 1.82) is 0 Å². The van der Waals surface area contributed by atoms with Crippen LogP contribution >= 0.6 is 11.8 Å². The zero-order valence-corrected chi connectivity index (χ0v) is 17.1. The van der Waals surface area contributed by atoms with Crippen molar-refractivity contribution in [3.05, 3.63) is 38.6 Å². The van der Waals surface area contributed by atoms with Gasteiger partial charge in [0.1, 0.15) is 5.69 Å². The van der Waals surface area contributed by atoms with Gasteiger partial charge in [-0.3, -0.25) is 9.48 Å². The van der Waals surface area contributed by atoms with Crippen LogP contribution in [0.4, 0.5) is 26.3 Å². The highest BCUT2D eigenvalue weighted by molar-refractivity contribution is 7.98. The molecule has 2 N–H and O–H groups in total. The molecule has 0 saturated carbocycles. The highest BCUT2D eigenvalue weighted by Gasteiger charge is 2.39. The Morgan fingerprint density at radius 2 is 1.84 bits per heavy atom. The molecule has 0 fully saturated rings. The Hall–Kier alpha value is -2.51. The summed E-state index contributed by atoms with van der Waals surface area (Å²) < 4.78 is 72.5. The molecule has 1 aliphatic carbocycles. The van der Waals surface area contributed by atoms with Gasteiger partial charge in [0.15, 0.2) is 5.16 Å². The van der Waals surface area contributed by atoms with Crippen molar-refractivity contribution < 1.29 is 36.2 Å². The molecular formula is C17H18F6N4O3S. The third-order valence-electron chi connectivity index (χ3n) is 4.35. The van der Waals surface area contributed by atoms with E-state index in [4.69, 9.17) is 9.90 Å². The van der Waals surface area contributed by atoms with E-state index in [0.717, 1.165) is 35.0 Å². The van der Waals surface area contributed by atoms with Crippen molar-refractivity contribution >= 4 is 17.7 Å². The van der Waals surface area contributed by atoms with Crippen LogP contribution in [-0.4, -0.2) is 37.0 Å². The van der Waals surface area contributed by atoms with E-state index in [2.05, 4.69) is 15.1 Å². The zero-order valence-electron chi connectivity index (χ0n) is 16.3. The molecule has 31 heavy (non-hydrogen) atoms. The smallest absolute Gasteiger partial charge is 0.475 e. The highest BCUT2D eigenvalue weighted by Crippen LogP contribution is 2.36. The van der Waals surface area contributed by atoms with Gasteiger partial charge < -0.3 is 10.1 Å². The number of carboxylic acid groups (broad SMARTS) is 1. The van der Waals surface area contributed by atoms with Crippen LogP contribution in [0.2, 0.25) is 0 Å². The number of carbonyl (C=O) groups is 1. The number of thioether (sulfide) groups is 1. The Bertz CT molecular complexity index is 1010. The number of aliphatic carboxylic acids is 1. The number of aromatic nitrogens is 4. The standard InChI is InChI=1S/C15H17F3N4OS.C2HF3O2/c1-3-10-9(12(15(16,17)18)22(2)21-10)7-24-14-19-11-6-4-5-8(11)13(23)20-14;3-2(4,5)1(6)7/h3-7H2,1-2H3,(H,19,20,23);(H,6,7). The number of aryl methyl sites for hydroxylation is 3. The van der Waals surface area contributed by atoms with Gasteiger partial charge in [-0.15, -0.1) is 0 Å². The zero-order chi connectivity index (χ0) is 23.6. The number of H-pyrrole nitrogens is 1. The van der Waals surface area contributed by atoms with Crippen LogP contribution in [-0.2, 0) is 43.0 Å². The van der Waals surface area contributed by atoms with Crippen molar-refractivity contribution in [3.63, 3.8) is 0 Å². The summed E-state index contributed by atoms with van der Waals surface area (Å²) in [4.78, 5) is 27.9. The van der Waals surface area contributed by atoms with Crippen LogP contribution in [0.1, 0.15) is 41.6 Å². The molecule has 3 rings (SSSR count). The SMILES string of the molecule is CCc1nn(C)c(C(F)(F)F)c1CSc1nc2c(c(=O)[nH]1)CCC2.O=C(O)C(F)(F)F. The predicted octanol–water partition coefficient (Wildman–Crippen LogP) is 3.50. The number of alkyl halides is 6. The van der Waals surface area contributed by atoms with Gasteiger partial charge in [0.05, 0.1) is 11.4 Å². The lowest BCUT2D eigenvalue weighted by atomic mass is 10.1. The number of fused-ring (bicyclic) bond motifs is 1.